The molecule has 0 amide bonds. The van der Waals surface area contributed by atoms with Crippen LogP contribution in [0.1, 0.15) is 5.56 Å². The largest absolute Gasteiger partial charge is 0.497 e. The fourth-order valence-corrected chi connectivity index (χ4v) is 4.46. The summed E-state index contributed by atoms with van der Waals surface area (Å²) in [5.41, 5.74) is 4.58. The van der Waals surface area contributed by atoms with Gasteiger partial charge in [-0.05, 0) is 54.4 Å². The highest BCUT2D eigenvalue weighted by atomic mass is 32.1. The number of hydrogen-bond acceptors (Lipinski definition) is 5. The smallest absolute Gasteiger partial charge is 0.190 e. The van der Waals surface area contributed by atoms with Crippen LogP contribution in [0.3, 0.4) is 0 Å². The van der Waals surface area contributed by atoms with Gasteiger partial charge in [-0.25, -0.2) is 4.99 Å². The monoisotopic (exact) mass is 409 g/mol. The quantitative estimate of drug-likeness (QED) is 0.615. The van der Waals surface area contributed by atoms with Crippen molar-refractivity contribution in [3.63, 3.8) is 0 Å². The van der Waals surface area contributed by atoms with Crippen molar-refractivity contribution in [2.75, 3.05) is 40.0 Å². The van der Waals surface area contributed by atoms with E-state index >= 15 is 0 Å². The van der Waals surface area contributed by atoms with E-state index < -0.39 is 0 Å². The highest BCUT2D eigenvalue weighted by Gasteiger charge is 2.13. The van der Waals surface area contributed by atoms with Crippen LogP contribution in [0.2, 0.25) is 0 Å². The van der Waals surface area contributed by atoms with Crippen LogP contribution in [0.4, 0.5) is 5.69 Å². The number of ether oxygens (including phenoxy) is 2. The van der Waals surface area contributed by atoms with Crippen molar-refractivity contribution in [2.24, 2.45) is 4.99 Å². The third-order valence-electron chi connectivity index (χ3n) is 5.15. The molecule has 6 heteroatoms. The molecule has 0 atom stereocenters. The van der Waals surface area contributed by atoms with Crippen LogP contribution in [0, 0.1) is 6.92 Å². The van der Waals surface area contributed by atoms with E-state index in [0.29, 0.717) is 0 Å². The average Bonchev–Trinajstić information content (AvgIpc) is 3.15. The van der Waals surface area contributed by atoms with Gasteiger partial charge in [-0.15, -0.1) is 11.3 Å². The molecule has 0 aliphatic carbocycles. The Morgan fingerprint density at radius 1 is 1.07 bits per heavy atom. The lowest BCUT2D eigenvalue weighted by Gasteiger charge is -2.26. The van der Waals surface area contributed by atoms with Gasteiger partial charge in [0.1, 0.15) is 5.75 Å². The molecule has 0 bridgehead atoms. The number of thiazole rings is 1. The number of aromatic nitrogens is 1. The van der Waals surface area contributed by atoms with E-state index in [1.54, 1.807) is 18.4 Å². The van der Waals surface area contributed by atoms with Crippen LogP contribution >= 0.6 is 11.3 Å². The molecule has 1 aliphatic rings. The molecule has 1 fully saturated rings. The molecule has 0 unspecified atom stereocenters. The third kappa shape index (κ3) is 4.96. The normalized spacial score (nSPS) is 15.6. The van der Waals surface area contributed by atoms with E-state index in [1.807, 2.05) is 12.1 Å². The van der Waals surface area contributed by atoms with E-state index in [1.165, 1.54) is 16.8 Å². The van der Waals surface area contributed by atoms with Crippen LogP contribution in [-0.4, -0.2) is 49.4 Å². The van der Waals surface area contributed by atoms with Crippen molar-refractivity contribution >= 4 is 17.0 Å². The Morgan fingerprint density at radius 3 is 2.59 bits per heavy atom. The van der Waals surface area contributed by atoms with Crippen LogP contribution < -0.4 is 9.54 Å². The molecule has 0 radical (unpaired) electrons. The van der Waals surface area contributed by atoms with E-state index in [4.69, 9.17) is 14.5 Å². The van der Waals surface area contributed by atoms with Gasteiger partial charge in [-0.2, -0.15) is 0 Å². The summed E-state index contributed by atoms with van der Waals surface area (Å²) in [4.78, 5) is 8.44. The second-order valence-corrected chi connectivity index (χ2v) is 8.03. The first-order valence-corrected chi connectivity index (χ1v) is 10.8. The van der Waals surface area contributed by atoms with Crippen molar-refractivity contribution in [1.29, 1.82) is 0 Å². The molecule has 0 saturated carbocycles. The van der Waals surface area contributed by atoms with Crippen molar-refractivity contribution < 1.29 is 9.47 Å². The Hall–Kier alpha value is -2.41. The second-order valence-electron chi connectivity index (χ2n) is 7.19. The van der Waals surface area contributed by atoms with Gasteiger partial charge in [0, 0.05) is 31.6 Å². The van der Waals surface area contributed by atoms with Crippen LogP contribution in [-0.2, 0) is 11.3 Å². The Labute approximate surface area is 175 Å². The van der Waals surface area contributed by atoms with Crippen molar-refractivity contribution in [2.45, 2.75) is 13.5 Å². The molecule has 1 aliphatic heterocycles. The van der Waals surface area contributed by atoms with E-state index in [-0.39, 0.29) is 0 Å². The molecule has 2 aromatic carbocycles. The van der Waals surface area contributed by atoms with Gasteiger partial charge in [-0.3, -0.25) is 4.90 Å². The number of rotatable bonds is 6. The molecular weight excluding hydrogens is 382 g/mol. The number of morpholine rings is 1. The minimum atomic E-state index is 0.820. The first-order chi connectivity index (χ1) is 14.2. The molecule has 4 rings (SSSR count). The molecule has 3 aromatic rings. The maximum Gasteiger partial charge on any atom is 0.190 e. The third-order valence-corrected chi connectivity index (χ3v) is 6.02. The molecule has 2 heterocycles. The predicted octanol–water partition coefficient (Wildman–Crippen LogP) is 4.10. The van der Waals surface area contributed by atoms with Gasteiger partial charge in [0.2, 0.25) is 0 Å². The minimum Gasteiger partial charge on any atom is -0.497 e. The minimum absolute atomic E-state index is 0.820. The predicted molar refractivity (Wildman–Crippen MR) is 118 cm³/mol. The molecule has 0 N–H and O–H groups in total. The first-order valence-electron chi connectivity index (χ1n) is 9.97. The molecule has 1 saturated heterocycles. The average molecular weight is 410 g/mol. The number of methoxy groups -OCH3 is 1. The van der Waals surface area contributed by atoms with Gasteiger partial charge in [0.05, 0.1) is 31.7 Å². The summed E-state index contributed by atoms with van der Waals surface area (Å²) in [5, 5.41) is 2.20. The summed E-state index contributed by atoms with van der Waals surface area (Å²) in [6, 6.07) is 16.6. The zero-order valence-electron chi connectivity index (χ0n) is 17.0. The lowest BCUT2D eigenvalue weighted by atomic mass is 10.1. The standard InChI is InChI=1S/C23H27N3O2S/c1-18-4-3-5-20(16-18)24-23-26(11-10-25-12-14-28-15-13-25)22(17-29-23)19-6-8-21(27-2)9-7-19/h3-9,16-17H,10-15H2,1-2H3. The summed E-state index contributed by atoms with van der Waals surface area (Å²) in [6.45, 7) is 7.61. The van der Waals surface area contributed by atoms with E-state index in [2.05, 4.69) is 58.2 Å². The molecule has 152 valence electrons. The Bertz CT molecular complexity index is 1000. The maximum atomic E-state index is 5.49. The van der Waals surface area contributed by atoms with Gasteiger partial charge < -0.3 is 14.0 Å². The Kier molecular flexibility index (Phi) is 6.44. The lowest BCUT2D eigenvalue weighted by Crippen LogP contribution is -2.39. The Morgan fingerprint density at radius 2 is 1.86 bits per heavy atom. The van der Waals surface area contributed by atoms with Gasteiger partial charge in [-0.1, -0.05) is 12.1 Å². The van der Waals surface area contributed by atoms with Gasteiger partial charge in [0.25, 0.3) is 0 Å². The van der Waals surface area contributed by atoms with E-state index in [9.17, 15) is 0 Å². The second kappa shape index (κ2) is 9.39. The van der Waals surface area contributed by atoms with Crippen LogP contribution in [0.5, 0.6) is 5.75 Å². The maximum absolute atomic E-state index is 5.49. The zero-order valence-corrected chi connectivity index (χ0v) is 17.8. The van der Waals surface area contributed by atoms with Crippen LogP contribution in [0.25, 0.3) is 11.3 Å². The van der Waals surface area contributed by atoms with Gasteiger partial charge in [0.15, 0.2) is 4.80 Å². The van der Waals surface area contributed by atoms with Crippen molar-refractivity contribution in [3.8, 4) is 17.0 Å². The molecular formula is C23H27N3O2S. The lowest BCUT2D eigenvalue weighted by molar-refractivity contribution is 0.0363. The topological polar surface area (TPSA) is 39.0 Å². The molecule has 29 heavy (non-hydrogen) atoms. The summed E-state index contributed by atoms with van der Waals surface area (Å²) in [7, 11) is 1.70. The van der Waals surface area contributed by atoms with Crippen molar-refractivity contribution in [1.82, 2.24) is 9.47 Å². The fourth-order valence-electron chi connectivity index (χ4n) is 3.50. The Balaban J connectivity index is 1.69. The SMILES string of the molecule is COc1ccc(-c2csc(=Nc3cccc(C)c3)n2CCN2CCOCC2)cc1. The van der Waals surface area contributed by atoms with Crippen molar-refractivity contribution in [3.05, 3.63) is 64.3 Å². The van der Waals surface area contributed by atoms with E-state index in [0.717, 1.165) is 55.6 Å². The molecule has 1 aromatic heterocycles. The number of nitrogens with zero attached hydrogens (tertiary/aromatic N) is 3. The fraction of sp³-hybridized carbons (Fsp3) is 0.348. The summed E-state index contributed by atoms with van der Waals surface area (Å²) in [6.07, 6.45) is 0. The molecule has 0 spiro atoms. The van der Waals surface area contributed by atoms with Gasteiger partial charge >= 0.3 is 0 Å². The summed E-state index contributed by atoms with van der Waals surface area (Å²) < 4.78 is 13.1. The first kappa shape index (κ1) is 19.9. The summed E-state index contributed by atoms with van der Waals surface area (Å²) >= 11 is 1.69. The number of hydrogen-bond donors (Lipinski definition) is 0. The molecule has 5 nitrogen and oxygen atoms in total. The van der Waals surface area contributed by atoms with Crippen LogP contribution in [0.15, 0.2) is 58.9 Å². The zero-order chi connectivity index (χ0) is 20.1. The highest BCUT2D eigenvalue weighted by Crippen LogP contribution is 2.24. The number of aryl methyl sites for hydroxylation is 1. The highest BCUT2D eigenvalue weighted by molar-refractivity contribution is 7.07. The summed E-state index contributed by atoms with van der Waals surface area (Å²) in [5.74, 6) is 0.869. The number of benzene rings is 2.